The van der Waals surface area contributed by atoms with Crippen LogP contribution in [0.15, 0.2) is 29.2 Å². The first-order valence-electron chi connectivity index (χ1n) is 3.49. The van der Waals surface area contributed by atoms with Gasteiger partial charge in [0.1, 0.15) is 0 Å². The van der Waals surface area contributed by atoms with E-state index < -0.39 is 11.1 Å². The molecule has 0 amide bonds. The average molecular weight is 192 g/mol. The van der Waals surface area contributed by atoms with E-state index in [4.69, 9.17) is 4.55 Å². The van der Waals surface area contributed by atoms with Gasteiger partial charge in [0.2, 0.25) is 0 Å². The molecule has 1 radical (unpaired) electrons. The van der Waals surface area contributed by atoms with Crippen molar-refractivity contribution in [2.24, 2.45) is 0 Å². The largest absolute Gasteiger partial charge is 0.378 e. The van der Waals surface area contributed by atoms with Crippen molar-refractivity contribution in [2.45, 2.75) is 4.90 Å². The van der Waals surface area contributed by atoms with Gasteiger partial charge >= 0.3 is 0 Å². The van der Waals surface area contributed by atoms with Crippen molar-refractivity contribution >= 4 is 35.6 Å². The Kier molecular flexibility index (Phi) is 5.34. The first kappa shape index (κ1) is 12.7. The molecule has 1 rings (SSSR count). The van der Waals surface area contributed by atoms with Crippen molar-refractivity contribution < 1.29 is 8.76 Å². The van der Waals surface area contributed by atoms with Gasteiger partial charge in [-0.2, -0.15) is 0 Å². The molecule has 0 fully saturated rings. The van der Waals surface area contributed by atoms with Gasteiger partial charge < -0.3 is 9.45 Å². The van der Waals surface area contributed by atoms with Crippen LogP contribution in [0.2, 0.25) is 0 Å². The van der Waals surface area contributed by atoms with Crippen molar-refractivity contribution in [3.63, 3.8) is 0 Å². The van der Waals surface area contributed by atoms with E-state index in [1.807, 2.05) is 31.1 Å². The molecule has 0 saturated carbocycles. The number of benzene rings is 1. The minimum atomic E-state index is -1.87. The quantitative estimate of drug-likeness (QED) is 0.560. The molecule has 0 aromatic heterocycles. The molecule has 0 bridgehead atoms. The van der Waals surface area contributed by atoms with Crippen LogP contribution in [0.4, 0.5) is 5.69 Å². The van der Waals surface area contributed by atoms with E-state index in [-0.39, 0.29) is 18.9 Å². The SMILES string of the molecule is CN(C)c1ccc(S(=O)O)cc1.[Li]. The fourth-order valence-electron chi connectivity index (χ4n) is 0.861. The fraction of sp³-hybridized carbons (Fsp3) is 0.250. The molecule has 67 valence electrons. The van der Waals surface area contributed by atoms with Crippen LogP contribution in [0.5, 0.6) is 0 Å². The third-order valence-corrected chi connectivity index (χ3v) is 2.23. The summed E-state index contributed by atoms with van der Waals surface area (Å²) in [6.07, 6.45) is 0. The molecule has 0 aliphatic rings. The maximum Gasteiger partial charge on any atom is 0.186 e. The minimum absolute atomic E-state index is 0. The zero-order valence-electron chi connectivity index (χ0n) is 8.02. The van der Waals surface area contributed by atoms with E-state index in [0.29, 0.717) is 4.90 Å². The van der Waals surface area contributed by atoms with Gasteiger partial charge in [-0.1, -0.05) is 0 Å². The van der Waals surface area contributed by atoms with Crippen LogP contribution in [0.3, 0.4) is 0 Å². The monoisotopic (exact) mass is 192 g/mol. The summed E-state index contributed by atoms with van der Waals surface area (Å²) in [5.41, 5.74) is 1.02. The molecule has 0 spiro atoms. The van der Waals surface area contributed by atoms with Gasteiger partial charge in [-0.15, -0.1) is 0 Å². The average Bonchev–Trinajstić information content (AvgIpc) is 2.04. The summed E-state index contributed by atoms with van der Waals surface area (Å²) in [7, 11) is 3.84. The predicted octanol–water partition coefficient (Wildman–Crippen LogP) is 0.952. The Morgan fingerprint density at radius 1 is 1.23 bits per heavy atom. The van der Waals surface area contributed by atoms with Crippen LogP contribution < -0.4 is 4.90 Å². The molecule has 0 aliphatic heterocycles. The van der Waals surface area contributed by atoms with Crippen LogP contribution in [0.25, 0.3) is 0 Å². The van der Waals surface area contributed by atoms with Gasteiger partial charge in [0.25, 0.3) is 0 Å². The topological polar surface area (TPSA) is 40.5 Å². The van der Waals surface area contributed by atoms with Crippen LogP contribution in [-0.4, -0.2) is 41.7 Å². The van der Waals surface area contributed by atoms with Crippen molar-refractivity contribution in [3.8, 4) is 0 Å². The van der Waals surface area contributed by atoms with Crippen LogP contribution >= 0.6 is 0 Å². The molecule has 0 saturated heterocycles. The number of hydrogen-bond acceptors (Lipinski definition) is 2. The van der Waals surface area contributed by atoms with Gasteiger partial charge in [-0.25, -0.2) is 4.21 Å². The second kappa shape index (κ2) is 5.46. The van der Waals surface area contributed by atoms with E-state index in [2.05, 4.69) is 0 Å². The second-order valence-corrected chi connectivity index (χ2v) is 3.61. The van der Waals surface area contributed by atoms with Gasteiger partial charge in [0.05, 0.1) is 4.90 Å². The van der Waals surface area contributed by atoms with Gasteiger partial charge in [0.15, 0.2) is 11.1 Å². The number of anilines is 1. The number of rotatable bonds is 2. The Morgan fingerprint density at radius 3 is 2.00 bits per heavy atom. The minimum Gasteiger partial charge on any atom is -0.378 e. The summed E-state index contributed by atoms with van der Waals surface area (Å²) in [4.78, 5) is 2.37. The molecule has 5 heteroatoms. The molecule has 0 heterocycles. The van der Waals surface area contributed by atoms with E-state index in [9.17, 15) is 4.21 Å². The molecular weight excluding hydrogens is 181 g/mol. The molecule has 3 nitrogen and oxygen atoms in total. The van der Waals surface area contributed by atoms with Crippen molar-refractivity contribution in [1.29, 1.82) is 0 Å². The zero-order chi connectivity index (χ0) is 9.14. The van der Waals surface area contributed by atoms with E-state index in [1.165, 1.54) is 0 Å². The zero-order valence-corrected chi connectivity index (χ0v) is 8.84. The maximum absolute atomic E-state index is 10.6. The molecule has 1 aromatic rings. The summed E-state index contributed by atoms with van der Waals surface area (Å²) in [6, 6.07) is 6.91. The third-order valence-electron chi connectivity index (χ3n) is 1.55. The summed E-state index contributed by atoms with van der Waals surface area (Å²) in [6.45, 7) is 0. The third kappa shape index (κ3) is 3.53. The molecular formula is C8H11LiNO2S. The molecule has 1 atom stereocenters. The van der Waals surface area contributed by atoms with E-state index in [1.54, 1.807) is 12.1 Å². The Hall–Kier alpha value is -0.273. The Balaban J connectivity index is 0.00000144. The molecule has 0 aliphatic carbocycles. The summed E-state index contributed by atoms with van der Waals surface area (Å²) < 4.78 is 19.3. The van der Waals surface area contributed by atoms with Crippen LogP contribution in [0.1, 0.15) is 0 Å². The van der Waals surface area contributed by atoms with Gasteiger partial charge in [0, 0.05) is 38.6 Å². The Bertz CT molecular complexity index is 287. The number of hydrogen-bond donors (Lipinski definition) is 1. The maximum atomic E-state index is 10.6. The van der Waals surface area contributed by atoms with Crippen molar-refractivity contribution in [1.82, 2.24) is 0 Å². The number of nitrogens with zero attached hydrogens (tertiary/aromatic N) is 1. The Labute approximate surface area is 92.6 Å². The predicted molar refractivity (Wildman–Crippen MR) is 55.6 cm³/mol. The van der Waals surface area contributed by atoms with Crippen LogP contribution in [-0.2, 0) is 11.1 Å². The van der Waals surface area contributed by atoms with Crippen molar-refractivity contribution in [2.75, 3.05) is 19.0 Å². The normalized spacial score (nSPS) is 11.6. The molecule has 1 aromatic carbocycles. The molecule has 1 unspecified atom stereocenters. The summed E-state index contributed by atoms with van der Waals surface area (Å²) in [5.74, 6) is 0. The summed E-state index contributed by atoms with van der Waals surface area (Å²) >= 11 is -1.87. The Morgan fingerprint density at radius 2 is 1.69 bits per heavy atom. The van der Waals surface area contributed by atoms with E-state index in [0.717, 1.165) is 5.69 Å². The van der Waals surface area contributed by atoms with E-state index >= 15 is 0 Å². The standard InChI is InChI=1S/C8H11NO2S.Li/c1-9(2)7-3-5-8(6-4-7)12(10)11;/h3-6H,1-2H3,(H,10,11);. The fourth-order valence-corrected chi connectivity index (χ4v) is 1.23. The molecule has 1 N–H and O–H groups in total. The first-order valence-corrected chi connectivity index (χ1v) is 4.60. The van der Waals surface area contributed by atoms with Crippen molar-refractivity contribution in [3.05, 3.63) is 24.3 Å². The first-order chi connectivity index (χ1) is 5.61. The van der Waals surface area contributed by atoms with Gasteiger partial charge in [-0.05, 0) is 24.3 Å². The second-order valence-electron chi connectivity index (χ2n) is 2.64. The molecule has 13 heavy (non-hydrogen) atoms. The van der Waals surface area contributed by atoms with Gasteiger partial charge in [-0.3, -0.25) is 0 Å². The summed E-state index contributed by atoms with van der Waals surface area (Å²) in [5, 5.41) is 0. The smallest absolute Gasteiger partial charge is 0.186 e. The van der Waals surface area contributed by atoms with Crippen LogP contribution in [0, 0.1) is 0 Å².